The van der Waals surface area contributed by atoms with Crippen LogP contribution < -0.4 is 10.1 Å². The standard InChI is InChI=1S/C16H19N3O/c1-2-17-16(13-9-10-18-19-11-13)12-3-5-14(6-4-12)20-15-7-8-15/h3-6,9-11,15-17H,2,7-8H2,1H3. The summed E-state index contributed by atoms with van der Waals surface area (Å²) in [6.45, 7) is 3.00. The monoisotopic (exact) mass is 269 g/mol. The molecule has 4 nitrogen and oxygen atoms in total. The lowest BCUT2D eigenvalue weighted by molar-refractivity contribution is 0.303. The smallest absolute Gasteiger partial charge is 0.119 e. The Hall–Kier alpha value is -1.94. The predicted octanol–water partition coefficient (Wildman–Crippen LogP) is 2.72. The highest BCUT2D eigenvalue weighted by Gasteiger charge is 2.23. The maximum absolute atomic E-state index is 5.78. The molecule has 1 heterocycles. The van der Waals surface area contributed by atoms with E-state index in [9.17, 15) is 0 Å². The van der Waals surface area contributed by atoms with Crippen molar-refractivity contribution in [2.45, 2.75) is 31.9 Å². The fraction of sp³-hybridized carbons (Fsp3) is 0.375. The fourth-order valence-corrected chi connectivity index (χ4v) is 2.22. The van der Waals surface area contributed by atoms with Gasteiger partial charge in [-0.15, -0.1) is 0 Å². The summed E-state index contributed by atoms with van der Waals surface area (Å²) < 4.78 is 5.78. The lowest BCUT2D eigenvalue weighted by Gasteiger charge is -2.18. The van der Waals surface area contributed by atoms with Gasteiger partial charge in [-0.25, -0.2) is 0 Å². The minimum Gasteiger partial charge on any atom is -0.490 e. The van der Waals surface area contributed by atoms with Gasteiger partial charge in [-0.1, -0.05) is 19.1 Å². The third-order valence-corrected chi connectivity index (χ3v) is 3.39. The lowest BCUT2D eigenvalue weighted by Crippen LogP contribution is -2.22. The van der Waals surface area contributed by atoms with Crippen LogP contribution >= 0.6 is 0 Å². The average molecular weight is 269 g/mol. The molecule has 20 heavy (non-hydrogen) atoms. The predicted molar refractivity (Wildman–Crippen MR) is 77.6 cm³/mol. The molecule has 1 saturated carbocycles. The molecule has 104 valence electrons. The maximum atomic E-state index is 5.78. The quantitative estimate of drug-likeness (QED) is 0.876. The van der Waals surface area contributed by atoms with Crippen LogP contribution in [0.15, 0.2) is 42.7 Å². The zero-order chi connectivity index (χ0) is 13.8. The maximum Gasteiger partial charge on any atom is 0.119 e. The Labute approximate surface area is 119 Å². The van der Waals surface area contributed by atoms with Crippen LogP contribution in [0.3, 0.4) is 0 Å². The SMILES string of the molecule is CCNC(c1ccc(OC2CC2)cc1)c1ccnnc1. The highest BCUT2D eigenvalue weighted by Crippen LogP contribution is 2.28. The number of ether oxygens (including phenoxy) is 1. The minimum absolute atomic E-state index is 0.144. The van der Waals surface area contributed by atoms with Crippen LogP contribution in [0.2, 0.25) is 0 Å². The third-order valence-electron chi connectivity index (χ3n) is 3.39. The van der Waals surface area contributed by atoms with E-state index in [1.807, 2.05) is 24.4 Å². The van der Waals surface area contributed by atoms with E-state index >= 15 is 0 Å². The summed E-state index contributed by atoms with van der Waals surface area (Å²) >= 11 is 0. The summed E-state index contributed by atoms with van der Waals surface area (Å²) in [6.07, 6.45) is 6.34. The highest BCUT2D eigenvalue weighted by molar-refractivity contribution is 5.34. The van der Waals surface area contributed by atoms with Crippen molar-refractivity contribution < 1.29 is 4.74 Å². The van der Waals surface area contributed by atoms with Gasteiger partial charge in [0.1, 0.15) is 5.75 Å². The molecule has 0 spiro atoms. The number of hydrogen-bond donors (Lipinski definition) is 1. The number of benzene rings is 1. The molecule has 0 saturated heterocycles. The Bertz CT molecular complexity index is 537. The average Bonchev–Trinajstić information content (AvgIpc) is 3.31. The van der Waals surface area contributed by atoms with Crippen LogP contribution in [0, 0.1) is 0 Å². The van der Waals surface area contributed by atoms with Gasteiger partial charge in [0.15, 0.2) is 0 Å². The summed E-state index contributed by atoms with van der Waals surface area (Å²) in [7, 11) is 0. The molecule has 1 atom stereocenters. The summed E-state index contributed by atoms with van der Waals surface area (Å²) in [5.74, 6) is 0.958. The van der Waals surface area contributed by atoms with Gasteiger partial charge in [0, 0.05) is 6.20 Å². The van der Waals surface area contributed by atoms with E-state index < -0.39 is 0 Å². The number of hydrogen-bond acceptors (Lipinski definition) is 4. The van der Waals surface area contributed by atoms with E-state index in [1.165, 1.54) is 18.4 Å². The van der Waals surface area contributed by atoms with Crippen LogP contribution in [0.25, 0.3) is 0 Å². The molecule has 1 aromatic carbocycles. The first-order valence-corrected chi connectivity index (χ1v) is 7.13. The Kier molecular flexibility index (Phi) is 3.92. The topological polar surface area (TPSA) is 47.0 Å². The van der Waals surface area contributed by atoms with Crippen molar-refractivity contribution in [2.75, 3.05) is 6.54 Å². The Morgan fingerprint density at radius 3 is 2.55 bits per heavy atom. The number of nitrogens with one attached hydrogen (secondary N) is 1. The molecule has 3 rings (SSSR count). The van der Waals surface area contributed by atoms with Crippen molar-refractivity contribution in [1.82, 2.24) is 15.5 Å². The number of nitrogens with zero attached hydrogens (tertiary/aromatic N) is 2. The minimum atomic E-state index is 0.144. The zero-order valence-electron chi connectivity index (χ0n) is 11.6. The molecule has 1 fully saturated rings. The highest BCUT2D eigenvalue weighted by atomic mass is 16.5. The van der Waals surface area contributed by atoms with Gasteiger partial charge in [0.25, 0.3) is 0 Å². The molecular formula is C16H19N3O. The molecule has 1 aromatic heterocycles. The Morgan fingerprint density at radius 1 is 1.15 bits per heavy atom. The van der Waals surface area contributed by atoms with E-state index in [0.29, 0.717) is 6.10 Å². The van der Waals surface area contributed by atoms with Gasteiger partial charge < -0.3 is 10.1 Å². The lowest BCUT2D eigenvalue weighted by atomic mass is 10.0. The molecule has 2 aromatic rings. The van der Waals surface area contributed by atoms with E-state index in [1.54, 1.807) is 6.20 Å². The van der Waals surface area contributed by atoms with Crippen LogP contribution in [-0.2, 0) is 0 Å². The fourth-order valence-electron chi connectivity index (χ4n) is 2.22. The number of aromatic nitrogens is 2. The van der Waals surface area contributed by atoms with Crippen molar-refractivity contribution in [3.63, 3.8) is 0 Å². The first-order chi connectivity index (χ1) is 9.86. The second-order valence-corrected chi connectivity index (χ2v) is 5.05. The molecule has 0 amide bonds. The van der Waals surface area contributed by atoms with Crippen LogP contribution in [0.4, 0.5) is 0 Å². The Balaban J connectivity index is 1.79. The molecule has 1 N–H and O–H groups in total. The largest absolute Gasteiger partial charge is 0.490 e. The third kappa shape index (κ3) is 3.14. The van der Waals surface area contributed by atoms with Gasteiger partial charge in [-0.2, -0.15) is 10.2 Å². The summed E-state index contributed by atoms with van der Waals surface area (Å²) in [6, 6.07) is 10.5. The zero-order valence-corrected chi connectivity index (χ0v) is 11.6. The van der Waals surface area contributed by atoms with Crippen LogP contribution in [-0.4, -0.2) is 22.8 Å². The molecule has 4 heteroatoms. The van der Waals surface area contributed by atoms with Gasteiger partial charge in [-0.3, -0.25) is 0 Å². The second-order valence-electron chi connectivity index (χ2n) is 5.05. The molecule has 0 radical (unpaired) electrons. The number of rotatable bonds is 6. The van der Waals surface area contributed by atoms with E-state index in [-0.39, 0.29) is 6.04 Å². The molecular weight excluding hydrogens is 250 g/mol. The van der Waals surface area contributed by atoms with Gasteiger partial charge in [-0.05, 0) is 48.7 Å². The van der Waals surface area contributed by atoms with Crippen molar-refractivity contribution in [3.8, 4) is 5.75 Å². The molecule has 0 aliphatic heterocycles. The summed E-state index contributed by atoms with van der Waals surface area (Å²) in [5.41, 5.74) is 2.33. The van der Waals surface area contributed by atoms with Crippen molar-refractivity contribution in [1.29, 1.82) is 0 Å². The van der Waals surface area contributed by atoms with Gasteiger partial charge >= 0.3 is 0 Å². The molecule has 1 aliphatic rings. The van der Waals surface area contributed by atoms with E-state index in [4.69, 9.17) is 4.74 Å². The van der Waals surface area contributed by atoms with Crippen molar-refractivity contribution in [3.05, 3.63) is 53.9 Å². The first-order valence-electron chi connectivity index (χ1n) is 7.13. The Morgan fingerprint density at radius 2 is 1.95 bits per heavy atom. The van der Waals surface area contributed by atoms with E-state index in [2.05, 4.69) is 34.6 Å². The van der Waals surface area contributed by atoms with E-state index in [0.717, 1.165) is 17.9 Å². The normalized spacial score (nSPS) is 15.8. The van der Waals surface area contributed by atoms with Crippen molar-refractivity contribution >= 4 is 0 Å². The second kappa shape index (κ2) is 6.01. The summed E-state index contributed by atoms with van der Waals surface area (Å²) in [4.78, 5) is 0. The summed E-state index contributed by atoms with van der Waals surface area (Å²) in [5, 5.41) is 11.3. The van der Waals surface area contributed by atoms with Gasteiger partial charge in [0.2, 0.25) is 0 Å². The molecule has 1 unspecified atom stereocenters. The van der Waals surface area contributed by atoms with Crippen molar-refractivity contribution in [2.24, 2.45) is 0 Å². The molecule has 1 aliphatic carbocycles. The van der Waals surface area contributed by atoms with Gasteiger partial charge in [0.05, 0.1) is 18.3 Å². The molecule has 0 bridgehead atoms. The first kappa shape index (κ1) is 13.1. The van der Waals surface area contributed by atoms with Crippen LogP contribution in [0.1, 0.15) is 36.9 Å². The van der Waals surface area contributed by atoms with Crippen LogP contribution in [0.5, 0.6) is 5.75 Å².